The summed E-state index contributed by atoms with van der Waals surface area (Å²) in [5, 5.41) is 21.5. The fourth-order valence-corrected chi connectivity index (χ4v) is 1.71. The highest BCUT2D eigenvalue weighted by molar-refractivity contribution is 7.81. The van der Waals surface area contributed by atoms with Crippen LogP contribution in [0.15, 0.2) is 35.6 Å². The molecule has 0 aliphatic carbocycles. The largest absolute Gasteiger partial charge is 0.573 e. The molecule has 0 heterocycles. The molecule has 1 rings (SSSR count). The number of aliphatic hydroxyl groups excluding tert-OH is 1. The van der Waals surface area contributed by atoms with Gasteiger partial charge in [0.05, 0.1) is 0 Å². The standard InChI is InChI=1S/C14H13F3N2O2S/c1-8(2)12(20)11(7-18)13(22)19-9-3-5-10(6-4-9)21-14(15,16)17/h3-6,8,20H,1-2H3,(H,19,22). The normalized spacial score (nSPS) is 12.4. The van der Waals surface area contributed by atoms with E-state index in [2.05, 4.69) is 10.1 Å². The number of halogens is 3. The van der Waals surface area contributed by atoms with Gasteiger partial charge in [0.25, 0.3) is 0 Å². The Morgan fingerprint density at radius 1 is 1.32 bits per heavy atom. The van der Waals surface area contributed by atoms with Crippen LogP contribution in [0.3, 0.4) is 0 Å². The molecule has 22 heavy (non-hydrogen) atoms. The first-order chi connectivity index (χ1) is 10.1. The van der Waals surface area contributed by atoms with Gasteiger partial charge in [0.1, 0.15) is 28.1 Å². The number of alkyl halides is 3. The molecule has 1 aromatic rings. The van der Waals surface area contributed by atoms with Gasteiger partial charge in [-0.25, -0.2) is 0 Å². The Hall–Kier alpha value is -2.27. The van der Waals surface area contributed by atoms with E-state index in [0.717, 1.165) is 12.1 Å². The Bertz CT molecular complexity index is 616. The summed E-state index contributed by atoms with van der Waals surface area (Å²) in [6, 6.07) is 6.64. The number of benzene rings is 1. The average molecular weight is 330 g/mol. The van der Waals surface area contributed by atoms with Gasteiger partial charge in [-0.3, -0.25) is 0 Å². The lowest BCUT2D eigenvalue weighted by molar-refractivity contribution is -0.274. The van der Waals surface area contributed by atoms with Gasteiger partial charge >= 0.3 is 6.36 Å². The molecule has 0 saturated carbocycles. The molecular formula is C14H13F3N2O2S. The highest BCUT2D eigenvalue weighted by atomic mass is 32.1. The van der Waals surface area contributed by atoms with Crippen LogP contribution < -0.4 is 10.1 Å². The number of thiocarbonyl (C=S) groups is 1. The Balaban J connectivity index is 2.86. The van der Waals surface area contributed by atoms with Crippen molar-refractivity contribution in [2.75, 3.05) is 5.32 Å². The van der Waals surface area contributed by atoms with Crippen molar-refractivity contribution in [1.82, 2.24) is 0 Å². The second-order valence-corrected chi connectivity index (χ2v) is 4.96. The number of ether oxygens (including phenoxy) is 1. The van der Waals surface area contributed by atoms with Gasteiger partial charge in [0.15, 0.2) is 0 Å². The van der Waals surface area contributed by atoms with E-state index >= 15 is 0 Å². The number of hydrogen-bond acceptors (Lipinski definition) is 4. The molecule has 0 amide bonds. The first-order valence-corrected chi connectivity index (χ1v) is 6.55. The number of hydrogen-bond donors (Lipinski definition) is 2. The van der Waals surface area contributed by atoms with E-state index in [4.69, 9.17) is 17.5 Å². The first kappa shape index (κ1) is 17.8. The Labute approximate surface area is 130 Å². The minimum atomic E-state index is -4.76. The van der Waals surface area contributed by atoms with Crippen LogP contribution in [0, 0.1) is 17.2 Å². The van der Waals surface area contributed by atoms with Gasteiger partial charge in [-0.1, -0.05) is 26.1 Å². The number of nitrogens with one attached hydrogen (secondary N) is 1. The minimum absolute atomic E-state index is 0.0156. The van der Waals surface area contributed by atoms with Crippen LogP contribution in [0.4, 0.5) is 18.9 Å². The second-order valence-electron chi connectivity index (χ2n) is 4.55. The van der Waals surface area contributed by atoms with Crippen LogP contribution in [0.2, 0.25) is 0 Å². The number of nitrogens with zero attached hydrogens (tertiary/aromatic N) is 1. The zero-order chi connectivity index (χ0) is 16.9. The molecule has 0 aliphatic heterocycles. The lowest BCUT2D eigenvalue weighted by atomic mass is 10.1. The molecule has 0 unspecified atom stereocenters. The third-order valence-corrected chi connectivity index (χ3v) is 2.79. The average Bonchev–Trinajstić information content (AvgIpc) is 2.40. The summed E-state index contributed by atoms with van der Waals surface area (Å²) in [5.74, 6) is -0.806. The van der Waals surface area contributed by atoms with Gasteiger partial charge in [0, 0.05) is 11.6 Å². The predicted octanol–water partition coefficient (Wildman–Crippen LogP) is 4.32. The maximum absolute atomic E-state index is 12.0. The van der Waals surface area contributed by atoms with Crippen LogP contribution in [0.5, 0.6) is 5.75 Å². The molecule has 1 aromatic carbocycles. The zero-order valence-electron chi connectivity index (χ0n) is 11.7. The SMILES string of the molecule is CC(C)C(O)=C(C#N)C(=S)Nc1ccc(OC(F)(F)F)cc1. The summed E-state index contributed by atoms with van der Waals surface area (Å²) in [4.78, 5) is -0.0156. The van der Waals surface area contributed by atoms with Crippen molar-refractivity contribution in [3.05, 3.63) is 35.6 Å². The fourth-order valence-electron chi connectivity index (χ4n) is 1.45. The van der Waals surface area contributed by atoms with Crippen LogP contribution in [0.25, 0.3) is 0 Å². The molecule has 0 aliphatic rings. The quantitative estimate of drug-likeness (QED) is 0.373. The Kier molecular flexibility index (Phi) is 5.77. The van der Waals surface area contributed by atoms with Gasteiger partial charge < -0.3 is 15.2 Å². The van der Waals surface area contributed by atoms with Crippen molar-refractivity contribution < 1.29 is 23.0 Å². The smallest absolute Gasteiger partial charge is 0.511 e. The number of anilines is 1. The third kappa shape index (κ3) is 5.26. The van der Waals surface area contributed by atoms with Crippen LogP contribution >= 0.6 is 12.2 Å². The van der Waals surface area contributed by atoms with Crippen molar-refractivity contribution in [3.8, 4) is 11.8 Å². The second kappa shape index (κ2) is 7.13. The van der Waals surface area contributed by atoms with Crippen molar-refractivity contribution >= 4 is 22.9 Å². The monoisotopic (exact) mass is 330 g/mol. The van der Waals surface area contributed by atoms with E-state index in [-0.39, 0.29) is 28.0 Å². The Morgan fingerprint density at radius 3 is 2.27 bits per heavy atom. The van der Waals surface area contributed by atoms with Crippen LogP contribution in [-0.2, 0) is 0 Å². The molecule has 4 nitrogen and oxygen atoms in total. The third-order valence-electron chi connectivity index (χ3n) is 2.49. The van der Waals surface area contributed by atoms with Gasteiger partial charge in [-0.05, 0) is 24.3 Å². The zero-order valence-corrected chi connectivity index (χ0v) is 12.5. The van der Waals surface area contributed by atoms with E-state index in [1.165, 1.54) is 12.1 Å². The fraction of sp³-hybridized carbons (Fsp3) is 0.286. The highest BCUT2D eigenvalue weighted by Gasteiger charge is 2.30. The van der Waals surface area contributed by atoms with Crippen LogP contribution in [0.1, 0.15) is 13.8 Å². The van der Waals surface area contributed by atoms with Gasteiger partial charge in [-0.15, -0.1) is 13.2 Å². The molecule has 0 aromatic heterocycles. The molecule has 0 radical (unpaired) electrons. The summed E-state index contributed by atoms with van der Waals surface area (Å²) in [5.41, 5.74) is 0.282. The van der Waals surface area contributed by atoms with E-state index in [1.807, 2.05) is 0 Å². The molecule has 118 valence electrons. The number of nitriles is 1. The van der Waals surface area contributed by atoms with Crippen molar-refractivity contribution in [2.45, 2.75) is 20.2 Å². The summed E-state index contributed by atoms with van der Waals surface area (Å²) < 4.78 is 39.9. The summed E-state index contributed by atoms with van der Waals surface area (Å²) >= 11 is 5.01. The first-order valence-electron chi connectivity index (χ1n) is 6.14. The van der Waals surface area contributed by atoms with Crippen LogP contribution in [-0.4, -0.2) is 16.5 Å². The number of aliphatic hydroxyl groups is 1. The molecule has 2 N–H and O–H groups in total. The van der Waals surface area contributed by atoms with Crippen molar-refractivity contribution in [1.29, 1.82) is 5.26 Å². The highest BCUT2D eigenvalue weighted by Crippen LogP contribution is 2.24. The lowest BCUT2D eigenvalue weighted by Gasteiger charge is -2.12. The number of allylic oxidation sites excluding steroid dienone is 1. The predicted molar refractivity (Wildman–Crippen MR) is 79.5 cm³/mol. The maximum atomic E-state index is 12.0. The molecule has 8 heteroatoms. The van der Waals surface area contributed by atoms with E-state index in [1.54, 1.807) is 19.9 Å². The summed E-state index contributed by atoms with van der Waals surface area (Å²) in [6.45, 7) is 3.39. The van der Waals surface area contributed by atoms with Crippen molar-refractivity contribution in [2.24, 2.45) is 5.92 Å². The van der Waals surface area contributed by atoms with Gasteiger partial charge in [-0.2, -0.15) is 5.26 Å². The molecule has 0 saturated heterocycles. The Morgan fingerprint density at radius 2 is 1.86 bits per heavy atom. The molecule has 0 fully saturated rings. The molecule has 0 bridgehead atoms. The number of rotatable bonds is 4. The van der Waals surface area contributed by atoms with Crippen molar-refractivity contribution in [3.63, 3.8) is 0 Å². The maximum Gasteiger partial charge on any atom is 0.573 e. The summed E-state index contributed by atoms with van der Waals surface area (Å²) in [7, 11) is 0. The van der Waals surface area contributed by atoms with E-state index < -0.39 is 6.36 Å². The topological polar surface area (TPSA) is 65.3 Å². The molecule has 0 spiro atoms. The minimum Gasteiger partial charge on any atom is -0.511 e. The summed E-state index contributed by atoms with van der Waals surface area (Å²) in [6.07, 6.45) is -4.76. The van der Waals surface area contributed by atoms with E-state index in [9.17, 15) is 18.3 Å². The molecular weight excluding hydrogens is 317 g/mol. The van der Waals surface area contributed by atoms with E-state index in [0.29, 0.717) is 5.69 Å². The molecule has 0 atom stereocenters. The van der Waals surface area contributed by atoms with Gasteiger partial charge in [0.2, 0.25) is 0 Å². The lowest BCUT2D eigenvalue weighted by Crippen LogP contribution is -2.17.